The van der Waals surface area contributed by atoms with E-state index >= 15 is 0 Å². The lowest BCUT2D eigenvalue weighted by Gasteiger charge is -2.26. The third-order valence-corrected chi connectivity index (χ3v) is 6.29. The summed E-state index contributed by atoms with van der Waals surface area (Å²) >= 11 is 6.20. The number of benzene rings is 2. The summed E-state index contributed by atoms with van der Waals surface area (Å²) in [7, 11) is -1.10. The van der Waals surface area contributed by atoms with Crippen molar-refractivity contribution in [2.75, 3.05) is 37.9 Å². The van der Waals surface area contributed by atoms with Crippen LogP contribution >= 0.6 is 11.6 Å². The third-order valence-electron chi connectivity index (χ3n) is 5.04. The van der Waals surface area contributed by atoms with Crippen LogP contribution in [0.1, 0.15) is 16.1 Å². The van der Waals surface area contributed by atoms with Crippen molar-refractivity contribution in [3.8, 4) is 0 Å². The van der Waals surface area contributed by atoms with E-state index in [0.717, 1.165) is 34.5 Å². The number of carbonyl (C=O) groups excluding carboxylic acids is 1. The molecule has 4 rings (SSSR count). The molecule has 6 nitrogen and oxygen atoms in total. The highest BCUT2D eigenvalue weighted by atomic mass is 35.5. The lowest BCUT2D eigenvalue weighted by atomic mass is 10.1. The van der Waals surface area contributed by atoms with Crippen molar-refractivity contribution >= 4 is 44.9 Å². The molecule has 0 saturated carbocycles. The van der Waals surface area contributed by atoms with Gasteiger partial charge in [-0.15, -0.1) is 0 Å². The van der Waals surface area contributed by atoms with E-state index < -0.39 is 10.8 Å². The van der Waals surface area contributed by atoms with Gasteiger partial charge < -0.3 is 15.0 Å². The summed E-state index contributed by atoms with van der Waals surface area (Å²) in [6.45, 7) is 3.62. The van der Waals surface area contributed by atoms with E-state index in [1.165, 1.54) is 0 Å². The summed E-state index contributed by atoms with van der Waals surface area (Å²) in [6, 6.07) is 12.8. The molecular weight excluding hydrogens is 410 g/mol. The smallest absolute Gasteiger partial charge is 0.272 e. The molecule has 2 heterocycles. The largest absolute Gasteiger partial charge is 0.379 e. The predicted molar refractivity (Wildman–Crippen MR) is 116 cm³/mol. The van der Waals surface area contributed by atoms with Crippen LogP contribution in [0, 0.1) is 0 Å². The van der Waals surface area contributed by atoms with Crippen molar-refractivity contribution in [2.24, 2.45) is 0 Å². The van der Waals surface area contributed by atoms with Crippen LogP contribution < -0.4 is 5.32 Å². The second-order valence-electron chi connectivity index (χ2n) is 6.96. The van der Waals surface area contributed by atoms with Gasteiger partial charge in [-0.05, 0) is 24.3 Å². The van der Waals surface area contributed by atoms with E-state index in [2.05, 4.69) is 15.2 Å². The Labute approximate surface area is 176 Å². The van der Waals surface area contributed by atoms with Crippen LogP contribution in [0.25, 0.3) is 10.9 Å². The van der Waals surface area contributed by atoms with Crippen molar-refractivity contribution in [3.63, 3.8) is 0 Å². The molecule has 1 amide bonds. The van der Waals surface area contributed by atoms with Crippen LogP contribution in [0.15, 0.2) is 47.4 Å². The Hall–Kier alpha value is -2.19. The molecule has 2 aromatic carbocycles. The SMILES string of the molecule is CS(=O)c1ccc2c(CN3CCOCC3)c(C(=O)Nc3ccccc3Cl)[nH]c2c1. The maximum Gasteiger partial charge on any atom is 0.272 e. The van der Waals surface area contributed by atoms with Crippen LogP contribution in [-0.2, 0) is 22.1 Å². The summed E-state index contributed by atoms with van der Waals surface area (Å²) in [4.78, 5) is 19.3. The molecule has 1 aromatic heterocycles. The van der Waals surface area contributed by atoms with Crippen molar-refractivity contribution in [1.82, 2.24) is 9.88 Å². The molecule has 1 fully saturated rings. The first-order valence-electron chi connectivity index (χ1n) is 9.37. The first-order chi connectivity index (χ1) is 14.0. The Morgan fingerprint density at radius 3 is 2.72 bits per heavy atom. The minimum atomic E-state index is -1.10. The van der Waals surface area contributed by atoms with Gasteiger partial charge in [-0.1, -0.05) is 29.8 Å². The predicted octanol–water partition coefficient (Wildman–Crippen LogP) is 3.64. The molecule has 29 heavy (non-hydrogen) atoms. The first-order valence-corrected chi connectivity index (χ1v) is 11.3. The average Bonchev–Trinajstić information content (AvgIpc) is 3.08. The highest BCUT2D eigenvalue weighted by molar-refractivity contribution is 7.84. The zero-order chi connectivity index (χ0) is 20.4. The molecule has 1 saturated heterocycles. The number of halogens is 1. The van der Waals surface area contributed by atoms with Crippen LogP contribution in [0.5, 0.6) is 0 Å². The van der Waals surface area contributed by atoms with Gasteiger partial charge >= 0.3 is 0 Å². The Balaban J connectivity index is 1.73. The van der Waals surface area contributed by atoms with E-state index in [1.807, 2.05) is 30.3 Å². The number of nitrogens with zero attached hydrogens (tertiary/aromatic N) is 1. The van der Waals surface area contributed by atoms with Crippen molar-refractivity contribution in [1.29, 1.82) is 0 Å². The number of aromatic nitrogens is 1. The van der Waals surface area contributed by atoms with Gasteiger partial charge in [0.25, 0.3) is 5.91 Å². The maximum absolute atomic E-state index is 13.1. The van der Waals surface area contributed by atoms with Gasteiger partial charge in [0.05, 0.1) is 23.9 Å². The second-order valence-corrected chi connectivity index (χ2v) is 8.75. The highest BCUT2D eigenvalue weighted by Crippen LogP contribution is 2.28. The van der Waals surface area contributed by atoms with E-state index in [4.69, 9.17) is 16.3 Å². The van der Waals surface area contributed by atoms with Crippen LogP contribution in [0.4, 0.5) is 5.69 Å². The van der Waals surface area contributed by atoms with Gasteiger partial charge in [-0.25, -0.2) is 0 Å². The van der Waals surface area contributed by atoms with Crippen LogP contribution in [-0.4, -0.2) is 52.6 Å². The minimum absolute atomic E-state index is 0.253. The summed E-state index contributed by atoms with van der Waals surface area (Å²) in [5.74, 6) is -0.253. The number of rotatable bonds is 5. The normalized spacial score (nSPS) is 16.1. The number of fused-ring (bicyclic) bond motifs is 1. The number of hydrogen-bond acceptors (Lipinski definition) is 4. The van der Waals surface area contributed by atoms with Gasteiger partial charge in [-0.3, -0.25) is 13.9 Å². The summed E-state index contributed by atoms with van der Waals surface area (Å²) in [6.07, 6.45) is 1.64. The minimum Gasteiger partial charge on any atom is -0.379 e. The van der Waals surface area contributed by atoms with Crippen molar-refractivity contribution in [3.05, 3.63) is 58.7 Å². The average molecular weight is 432 g/mol. The summed E-state index contributed by atoms with van der Waals surface area (Å²) < 4.78 is 17.3. The second kappa shape index (κ2) is 8.67. The lowest BCUT2D eigenvalue weighted by molar-refractivity contribution is 0.0342. The third kappa shape index (κ3) is 4.38. The molecule has 0 bridgehead atoms. The summed E-state index contributed by atoms with van der Waals surface area (Å²) in [5.41, 5.74) is 2.76. The zero-order valence-corrected chi connectivity index (χ0v) is 17.6. The molecule has 1 unspecified atom stereocenters. The Kier molecular flexibility index (Phi) is 6.01. The van der Waals surface area contributed by atoms with Crippen molar-refractivity contribution in [2.45, 2.75) is 11.4 Å². The van der Waals surface area contributed by atoms with Gasteiger partial charge in [0.2, 0.25) is 0 Å². The number of morpholine rings is 1. The van der Waals surface area contributed by atoms with E-state index in [9.17, 15) is 9.00 Å². The Bertz CT molecular complexity index is 1080. The van der Waals surface area contributed by atoms with Crippen molar-refractivity contribution < 1.29 is 13.7 Å². The fraction of sp³-hybridized carbons (Fsp3) is 0.286. The number of aromatic amines is 1. The molecular formula is C21H22ClN3O3S. The molecule has 0 spiro atoms. The van der Waals surface area contributed by atoms with E-state index in [-0.39, 0.29) is 5.91 Å². The molecule has 0 aliphatic carbocycles. The van der Waals surface area contributed by atoms with Gasteiger partial charge in [0.15, 0.2) is 0 Å². The Morgan fingerprint density at radius 2 is 2.00 bits per heavy atom. The lowest BCUT2D eigenvalue weighted by Crippen LogP contribution is -2.36. The number of ether oxygens (including phenoxy) is 1. The number of carbonyl (C=O) groups is 1. The molecule has 152 valence electrons. The molecule has 1 atom stereocenters. The molecule has 2 N–H and O–H groups in total. The fourth-order valence-electron chi connectivity index (χ4n) is 3.50. The number of nitrogens with one attached hydrogen (secondary N) is 2. The molecule has 3 aromatic rings. The number of amides is 1. The maximum atomic E-state index is 13.1. The topological polar surface area (TPSA) is 74.4 Å². The van der Waals surface area contributed by atoms with E-state index in [1.54, 1.807) is 18.4 Å². The highest BCUT2D eigenvalue weighted by Gasteiger charge is 2.22. The van der Waals surface area contributed by atoms with Gasteiger partial charge in [0, 0.05) is 58.1 Å². The monoisotopic (exact) mass is 431 g/mol. The number of para-hydroxylation sites is 1. The fourth-order valence-corrected chi connectivity index (χ4v) is 4.23. The molecule has 8 heteroatoms. The Morgan fingerprint density at radius 1 is 1.24 bits per heavy atom. The molecule has 0 radical (unpaired) electrons. The van der Waals surface area contributed by atoms with Crippen LogP contribution in [0.3, 0.4) is 0 Å². The van der Waals surface area contributed by atoms with Crippen LogP contribution in [0.2, 0.25) is 5.02 Å². The number of H-pyrrole nitrogens is 1. The first kappa shape index (κ1) is 20.1. The molecule has 1 aliphatic heterocycles. The number of anilines is 1. The van der Waals surface area contributed by atoms with Gasteiger partial charge in [-0.2, -0.15) is 0 Å². The van der Waals surface area contributed by atoms with Gasteiger partial charge in [0.1, 0.15) is 5.69 Å². The molecule has 1 aliphatic rings. The number of hydrogen-bond donors (Lipinski definition) is 2. The van der Waals surface area contributed by atoms with E-state index in [0.29, 0.717) is 36.2 Å². The quantitative estimate of drug-likeness (QED) is 0.646. The summed E-state index contributed by atoms with van der Waals surface area (Å²) in [5, 5.41) is 4.33. The zero-order valence-electron chi connectivity index (χ0n) is 16.0. The standard InChI is InChI=1S/C21H22ClN3O3S/c1-29(27)14-6-7-15-16(13-25-8-10-28-11-9-25)20(23-19(15)12-14)21(26)24-18-5-3-2-4-17(18)22/h2-7,12,23H,8-11,13H2,1H3,(H,24,26).